The Morgan fingerprint density at radius 3 is 2.52 bits per heavy atom. The Labute approximate surface area is 194 Å². The maximum absolute atomic E-state index is 13.3. The molecule has 0 aromatic carbocycles. The van der Waals surface area contributed by atoms with Gasteiger partial charge < -0.3 is 5.11 Å². The fourth-order valence-electron chi connectivity index (χ4n) is 9.05. The third-order valence-corrected chi connectivity index (χ3v) is 10.5. The van der Waals surface area contributed by atoms with Crippen LogP contribution in [0.4, 0.5) is 13.2 Å². The molecule has 4 nitrogen and oxygen atoms in total. The number of hydrogen-bond acceptors (Lipinski definition) is 3. The fraction of sp³-hybridized carbons (Fsp3) is 0.846. The Balaban J connectivity index is 1.33. The van der Waals surface area contributed by atoms with Gasteiger partial charge in [-0.2, -0.15) is 18.3 Å². The zero-order chi connectivity index (χ0) is 23.8. The number of halogens is 3. The Hall–Kier alpha value is -1.37. The minimum absolute atomic E-state index is 0.0290. The van der Waals surface area contributed by atoms with E-state index in [1.165, 1.54) is 0 Å². The second-order valence-corrected chi connectivity index (χ2v) is 12.4. The highest BCUT2D eigenvalue weighted by atomic mass is 19.4. The molecular weight excluding hydrogens is 429 g/mol. The van der Waals surface area contributed by atoms with Crippen LogP contribution in [0.1, 0.15) is 84.1 Å². The van der Waals surface area contributed by atoms with Crippen LogP contribution in [-0.4, -0.2) is 26.3 Å². The van der Waals surface area contributed by atoms with E-state index in [0.717, 1.165) is 74.9 Å². The van der Waals surface area contributed by atoms with Crippen molar-refractivity contribution < 1.29 is 23.1 Å². The number of rotatable bonds is 3. The number of carbonyl (C=O) groups is 1. The minimum Gasteiger partial charge on any atom is -0.390 e. The Bertz CT molecular complexity index is 925. The molecule has 5 rings (SSSR count). The van der Waals surface area contributed by atoms with Gasteiger partial charge in [0.2, 0.25) is 0 Å². The number of ketones is 1. The lowest BCUT2D eigenvalue weighted by Gasteiger charge is -2.62. The quantitative estimate of drug-likeness (QED) is 0.605. The molecule has 0 amide bonds. The van der Waals surface area contributed by atoms with Crippen molar-refractivity contribution in [3.63, 3.8) is 0 Å². The van der Waals surface area contributed by atoms with E-state index >= 15 is 0 Å². The molecule has 4 aliphatic carbocycles. The molecule has 1 aromatic rings. The van der Waals surface area contributed by atoms with Crippen LogP contribution in [0.2, 0.25) is 0 Å². The number of aliphatic hydroxyl groups is 1. The van der Waals surface area contributed by atoms with Crippen LogP contribution in [0.15, 0.2) is 12.4 Å². The summed E-state index contributed by atoms with van der Waals surface area (Å²) in [6.45, 7) is 6.64. The van der Waals surface area contributed by atoms with Crippen LogP contribution in [0.3, 0.4) is 0 Å². The number of alkyl halides is 3. The smallest absolute Gasteiger partial charge is 0.390 e. The summed E-state index contributed by atoms with van der Waals surface area (Å²) in [4.78, 5) is 13.3. The molecule has 7 heteroatoms. The zero-order valence-electron chi connectivity index (χ0n) is 20.0. The number of fused-ring (bicyclic) bond motifs is 5. The molecule has 4 fully saturated rings. The van der Waals surface area contributed by atoms with Crippen molar-refractivity contribution in [2.75, 3.05) is 0 Å². The first-order chi connectivity index (χ1) is 15.3. The molecule has 0 bridgehead atoms. The zero-order valence-corrected chi connectivity index (χ0v) is 20.0. The lowest BCUT2D eigenvalue weighted by atomic mass is 9.43. The van der Waals surface area contributed by atoms with E-state index in [-0.39, 0.29) is 29.1 Å². The van der Waals surface area contributed by atoms with Gasteiger partial charge in [-0.3, -0.25) is 9.48 Å². The summed E-state index contributed by atoms with van der Waals surface area (Å²) in [6.07, 6.45) is 6.52. The van der Waals surface area contributed by atoms with E-state index in [0.29, 0.717) is 23.7 Å². The SMILES string of the molecule is CC1(O)CCC2C(CCC3(C)C2CCC2(C)C(C(=O)Cn4cc(C(F)(F)F)cn4)CCC23)C1. The highest BCUT2D eigenvalue weighted by Crippen LogP contribution is 2.69. The second-order valence-electron chi connectivity index (χ2n) is 12.4. The minimum atomic E-state index is -4.44. The predicted octanol–water partition coefficient (Wildman–Crippen LogP) is 5.88. The largest absolute Gasteiger partial charge is 0.419 e. The highest BCUT2D eigenvalue weighted by molar-refractivity contribution is 5.82. The van der Waals surface area contributed by atoms with Crippen molar-refractivity contribution in [2.24, 2.45) is 40.4 Å². The summed E-state index contributed by atoms with van der Waals surface area (Å²) >= 11 is 0. The van der Waals surface area contributed by atoms with Gasteiger partial charge in [-0.15, -0.1) is 0 Å². The third-order valence-electron chi connectivity index (χ3n) is 10.5. The molecule has 4 saturated carbocycles. The normalized spacial score (nSPS) is 45.2. The van der Waals surface area contributed by atoms with Crippen LogP contribution in [0.25, 0.3) is 0 Å². The molecule has 8 atom stereocenters. The van der Waals surface area contributed by atoms with Crippen LogP contribution >= 0.6 is 0 Å². The molecule has 0 radical (unpaired) electrons. The summed E-state index contributed by atoms with van der Waals surface area (Å²) in [5, 5.41) is 14.4. The summed E-state index contributed by atoms with van der Waals surface area (Å²) in [7, 11) is 0. The molecule has 8 unspecified atom stereocenters. The van der Waals surface area contributed by atoms with Crippen LogP contribution in [-0.2, 0) is 17.5 Å². The van der Waals surface area contributed by atoms with Crippen molar-refractivity contribution in [3.8, 4) is 0 Å². The average molecular weight is 467 g/mol. The van der Waals surface area contributed by atoms with Gasteiger partial charge in [0.15, 0.2) is 5.78 Å². The van der Waals surface area contributed by atoms with Gasteiger partial charge in [-0.05, 0) is 99.2 Å². The standard InChI is InChI=1S/C26H37F3N2O2/c1-23(33)9-7-18-16(12-23)6-10-24(2)19(18)8-11-25(3)20(4-5-22(24)25)21(32)15-31-14-17(13-30-31)26(27,28)29/h13-14,16,18-20,22,33H,4-12,15H2,1-3H3. The molecule has 1 N–H and O–H groups in total. The first kappa shape index (κ1) is 23.4. The highest BCUT2D eigenvalue weighted by Gasteiger charge is 2.63. The molecule has 33 heavy (non-hydrogen) atoms. The van der Waals surface area contributed by atoms with Gasteiger partial charge in [0.05, 0.1) is 23.9 Å². The lowest BCUT2D eigenvalue weighted by Crippen LogP contribution is -2.56. The number of carbonyl (C=O) groups excluding carboxylic acids is 1. The van der Waals surface area contributed by atoms with Crippen molar-refractivity contribution in [3.05, 3.63) is 18.0 Å². The molecule has 4 aliphatic rings. The van der Waals surface area contributed by atoms with E-state index in [9.17, 15) is 23.1 Å². The molecule has 0 aliphatic heterocycles. The molecule has 1 aromatic heterocycles. The molecular formula is C26H37F3N2O2. The summed E-state index contributed by atoms with van der Waals surface area (Å²) in [5.74, 6) is 2.33. The van der Waals surface area contributed by atoms with Crippen molar-refractivity contribution in [1.29, 1.82) is 0 Å². The van der Waals surface area contributed by atoms with Crippen molar-refractivity contribution in [1.82, 2.24) is 9.78 Å². The van der Waals surface area contributed by atoms with E-state index in [1.54, 1.807) is 0 Å². The van der Waals surface area contributed by atoms with Gasteiger partial charge in [0, 0.05) is 12.1 Å². The first-order valence-electron chi connectivity index (χ1n) is 12.7. The Morgan fingerprint density at radius 2 is 1.82 bits per heavy atom. The maximum Gasteiger partial charge on any atom is 0.419 e. The van der Waals surface area contributed by atoms with Gasteiger partial charge >= 0.3 is 6.18 Å². The second kappa shape index (κ2) is 7.56. The number of aromatic nitrogens is 2. The van der Waals surface area contributed by atoms with Gasteiger partial charge in [0.25, 0.3) is 0 Å². The van der Waals surface area contributed by atoms with Gasteiger partial charge in [0.1, 0.15) is 0 Å². The van der Waals surface area contributed by atoms with E-state index in [4.69, 9.17) is 0 Å². The maximum atomic E-state index is 13.3. The average Bonchev–Trinajstić information content (AvgIpc) is 3.32. The van der Waals surface area contributed by atoms with Crippen LogP contribution in [0, 0.1) is 40.4 Å². The Kier molecular flexibility index (Phi) is 5.36. The van der Waals surface area contributed by atoms with Gasteiger partial charge in [-0.25, -0.2) is 0 Å². The summed E-state index contributed by atoms with van der Waals surface area (Å²) in [5.41, 5.74) is -1.21. The third kappa shape index (κ3) is 3.77. The summed E-state index contributed by atoms with van der Waals surface area (Å²) < 4.78 is 40.0. The molecule has 0 spiro atoms. The lowest BCUT2D eigenvalue weighted by molar-refractivity contribution is -0.152. The number of hydrogen-bond donors (Lipinski definition) is 1. The van der Waals surface area contributed by atoms with Crippen LogP contribution < -0.4 is 0 Å². The van der Waals surface area contributed by atoms with Crippen LogP contribution in [0.5, 0.6) is 0 Å². The van der Waals surface area contributed by atoms with Crippen molar-refractivity contribution >= 4 is 5.78 Å². The molecule has 0 saturated heterocycles. The molecule has 184 valence electrons. The first-order valence-corrected chi connectivity index (χ1v) is 12.7. The number of nitrogens with zero attached hydrogens (tertiary/aromatic N) is 2. The Morgan fingerprint density at radius 1 is 1.09 bits per heavy atom. The van der Waals surface area contributed by atoms with E-state index < -0.39 is 17.3 Å². The van der Waals surface area contributed by atoms with Gasteiger partial charge in [-0.1, -0.05) is 13.8 Å². The van der Waals surface area contributed by atoms with E-state index in [2.05, 4.69) is 18.9 Å². The fourth-order valence-corrected chi connectivity index (χ4v) is 9.05. The number of Topliss-reactive ketones (excluding diaryl/α,β-unsaturated/α-hetero) is 1. The van der Waals surface area contributed by atoms with Crippen molar-refractivity contribution in [2.45, 2.75) is 96.9 Å². The molecule has 1 heterocycles. The summed E-state index contributed by atoms with van der Waals surface area (Å²) in [6, 6.07) is 0. The topological polar surface area (TPSA) is 55.1 Å². The predicted molar refractivity (Wildman–Crippen MR) is 118 cm³/mol. The van der Waals surface area contributed by atoms with E-state index in [1.807, 2.05) is 6.92 Å². The monoisotopic (exact) mass is 466 g/mol.